The lowest BCUT2D eigenvalue weighted by Gasteiger charge is -2.17. The zero-order chi connectivity index (χ0) is 14.6. The number of pyridine rings is 1. The number of hydrogen-bond acceptors (Lipinski definition) is 4. The summed E-state index contributed by atoms with van der Waals surface area (Å²) in [4.78, 5) is 20.3. The van der Waals surface area contributed by atoms with E-state index in [9.17, 15) is 4.79 Å². The fraction of sp³-hybridized carbons (Fsp3) is 0.400. The van der Waals surface area contributed by atoms with Crippen molar-refractivity contribution in [1.82, 2.24) is 15.3 Å². The molecule has 2 heterocycles. The molecule has 0 aliphatic heterocycles. The summed E-state index contributed by atoms with van der Waals surface area (Å²) in [6.45, 7) is 6.35. The lowest BCUT2D eigenvalue weighted by molar-refractivity contribution is -0.128. The van der Waals surface area contributed by atoms with Gasteiger partial charge in [0.15, 0.2) is 0 Å². The second-order valence-corrected chi connectivity index (χ2v) is 6.56. The van der Waals surface area contributed by atoms with Crippen molar-refractivity contribution in [2.24, 2.45) is 5.41 Å². The van der Waals surface area contributed by atoms with Gasteiger partial charge in [0.25, 0.3) is 0 Å². The number of amides is 1. The van der Waals surface area contributed by atoms with Crippen LogP contribution < -0.4 is 5.32 Å². The lowest BCUT2D eigenvalue weighted by Crippen LogP contribution is -2.35. The molecule has 20 heavy (non-hydrogen) atoms. The largest absolute Gasteiger partial charge is 0.355 e. The van der Waals surface area contributed by atoms with Crippen molar-refractivity contribution in [2.75, 3.05) is 6.54 Å². The fourth-order valence-corrected chi connectivity index (χ4v) is 2.44. The van der Waals surface area contributed by atoms with Crippen LogP contribution in [-0.2, 0) is 11.2 Å². The minimum Gasteiger partial charge on any atom is -0.355 e. The minimum atomic E-state index is -0.342. The van der Waals surface area contributed by atoms with Gasteiger partial charge in [0.2, 0.25) is 5.91 Å². The van der Waals surface area contributed by atoms with Crippen LogP contribution in [0, 0.1) is 5.41 Å². The van der Waals surface area contributed by atoms with Crippen LogP contribution in [0.3, 0.4) is 0 Å². The number of hydrogen-bond donors (Lipinski definition) is 1. The first-order valence-electron chi connectivity index (χ1n) is 6.60. The predicted molar refractivity (Wildman–Crippen MR) is 81.5 cm³/mol. The third-order valence-corrected chi connectivity index (χ3v) is 3.74. The fourth-order valence-electron chi connectivity index (χ4n) is 1.63. The van der Waals surface area contributed by atoms with Crippen molar-refractivity contribution in [1.29, 1.82) is 0 Å². The van der Waals surface area contributed by atoms with Crippen LogP contribution in [0.4, 0.5) is 0 Å². The molecule has 0 fully saturated rings. The Morgan fingerprint density at radius 2 is 2.00 bits per heavy atom. The van der Waals surface area contributed by atoms with Gasteiger partial charge in [-0.2, -0.15) is 0 Å². The molecule has 2 aromatic heterocycles. The molecule has 0 aliphatic rings. The SMILES string of the molecule is CC(C)(C)C(=O)NCCc1nc(-c2ccncc2)cs1. The maximum Gasteiger partial charge on any atom is 0.225 e. The van der Waals surface area contributed by atoms with Gasteiger partial charge in [0.1, 0.15) is 0 Å². The Morgan fingerprint density at radius 3 is 2.65 bits per heavy atom. The van der Waals surface area contributed by atoms with Crippen LogP contribution >= 0.6 is 11.3 Å². The van der Waals surface area contributed by atoms with Gasteiger partial charge < -0.3 is 5.32 Å². The quantitative estimate of drug-likeness (QED) is 0.941. The average Bonchev–Trinajstić information content (AvgIpc) is 2.87. The molecule has 0 unspecified atom stereocenters. The van der Waals surface area contributed by atoms with Crippen molar-refractivity contribution < 1.29 is 4.79 Å². The van der Waals surface area contributed by atoms with E-state index in [2.05, 4.69) is 15.3 Å². The maximum absolute atomic E-state index is 11.7. The van der Waals surface area contributed by atoms with E-state index in [0.717, 1.165) is 22.7 Å². The first-order chi connectivity index (χ1) is 9.47. The molecule has 2 rings (SSSR count). The minimum absolute atomic E-state index is 0.0726. The average molecular weight is 289 g/mol. The highest BCUT2D eigenvalue weighted by atomic mass is 32.1. The van der Waals surface area contributed by atoms with Crippen LogP contribution in [0.5, 0.6) is 0 Å². The van der Waals surface area contributed by atoms with Crippen molar-refractivity contribution in [3.8, 4) is 11.3 Å². The Bertz CT molecular complexity index is 572. The molecule has 0 bridgehead atoms. The third-order valence-electron chi connectivity index (χ3n) is 2.83. The second kappa shape index (κ2) is 6.13. The zero-order valence-corrected chi connectivity index (χ0v) is 12.8. The van der Waals surface area contributed by atoms with Crippen molar-refractivity contribution in [3.05, 3.63) is 34.9 Å². The molecule has 0 atom stereocenters. The number of nitrogens with zero attached hydrogens (tertiary/aromatic N) is 2. The molecule has 0 saturated carbocycles. The van der Waals surface area contributed by atoms with Gasteiger partial charge >= 0.3 is 0 Å². The smallest absolute Gasteiger partial charge is 0.225 e. The van der Waals surface area contributed by atoms with Gasteiger partial charge in [-0.05, 0) is 12.1 Å². The van der Waals surface area contributed by atoms with Crippen molar-refractivity contribution in [2.45, 2.75) is 27.2 Å². The molecule has 5 heteroatoms. The highest BCUT2D eigenvalue weighted by molar-refractivity contribution is 7.09. The lowest BCUT2D eigenvalue weighted by atomic mass is 9.96. The Morgan fingerprint density at radius 1 is 1.30 bits per heavy atom. The molecule has 0 aliphatic carbocycles. The summed E-state index contributed by atoms with van der Waals surface area (Å²) in [5.41, 5.74) is 1.70. The normalized spacial score (nSPS) is 11.3. The molecule has 4 nitrogen and oxygen atoms in total. The number of carbonyl (C=O) groups excluding carboxylic acids is 1. The van der Waals surface area contributed by atoms with Crippen LogP contribution in [0.2, 0.25) is 0 Å². The van der Waals surface area contributed by atoms with Crippen LogP contribution in [0.25, 0.3) is 11.3 Å². The second-order valence-electron chi connectivity index (χ2n) is 5.62. The van der Waals surface area contributed by atoms with Crippen LogP contribution in [-0.4, -0.2) is 22.4 Å². The third kappa shape index (κ3) is 3.87. The molecular weight excluding hydrogens is 270 g/mol. The highest BCUT2D eigenvalue weighted by Crippen LogP contribution is 2.21. The highest BCUT2D eigenvalue weighted by Gasteiger charge is 2.20. The van der Waals surface area contributed by atoms with Crippen LogP contribution in [0.1, 0.15) is 25.8 Å². The molecule has 1 N–H and O–H groups in total. The van der Waals surface area contributed by atoms with Gasteiger partial charge in [0, 0.05) is 41.7 Å². The Labute approximate surface area is 123 Å². The van der Waals surface area contributed by atoms with Gasteiger partial charge in [-0.1, -0.05) is 20.8 Å². The van der Waals surface area contributed by atoms with E-state index >= 15 is 0 Å². The topological polar surface area (TPSA) is 54.9 Å². The number of rotatable bonds is 4. The van der Waals surface area contributed by atoms with E-state index in [4.69, 9.17) is 0 Å². The monoisotopic (exact) mass is 289 g/mol. The molecular formula is C15H19N3OS. The van der Waals surface area contributed by atoms with E-state index in [1.165, 1.54) is 0 Å². The Hall–Kier alpha value is -1.75. The molecule has 0 saturated heterocycles. The summed E-state index contributed by atoms with van der Waals surface area (Å²) in [7, 11) is 0. The van der Waals surface area contributed by atoms with Crippen molar-refractivity contribution in [3.63, 3.8) is 0 Å². The summed E-state index contributed by atoms with van der Waals surface area (Å²) >= 11 is 1.62. The molecule has 2 aromatic rings. The van der Waals surface area contributed by atoms with E-state index in [1.807, 2.05) is 38.3 Å². The maximum atomic E-state index is 11.7. The van der Waals surface area contributed by atoms with Gasteiger partial charge in [0.05, 0.1) is 10.7 Å². The van der Waals surface area contributed by atoms with E-state index in [0.29, 0.717) is 6.54 Å². The number of thiazole rings is 1. The number of aromatic nitrogens is 2. The molecule has 0 aromatic carbocycles. The van der Waals surface area contributed by atoms with Gasteiger partial charge in [-0.15, -0.1) is 11.3 Å². The number of carbonyl (C=O) groups is 1. The van der Waals surface area contributed by atoms with E-state index < -0.39 is 0 Å². The van der Waals surface area contributed by atoms with Gasteiger partial charge in [-0.25, -0.2) is 4.98 Å². The Kier molecular flexibility index (Phi) is 4.49. The molecule has 106 valence electrons. The van der Waals surface area contributed by atoms with E-state index in [1.54, 1.807) is 23.7 Å². The number of nitrogens with one attached hydrogen (secondary N) is 1. The summed E-state index contributed by atoms with van der Waals surface area (Å²) < 4.78 is 0. The standard InChI is InChI=1S/C15H19N3OS/c1-15(2,3)14(19)17-9-6-13-18-12(10-20-13)11-4-7-16-8-5-11/h4-5,7-8,10H,6,9H2,1-3H3,(H,17,19). The molecule has 1 amide bonds. The molecule has 0 spiro atoms. The summed E-state index contributed by atoms with van der Waals surface area (Å²) in [5.74, 6) is 0.0726. The summed E-state index contributed by atoms with van der Waals surface area (Å²) in [6.07, 6.45) is 4.29. The van der Waals surface area contributed by atoms with Crippen molar-refractivity contribution >= 4 is 17.2 Å². The first-order valence-corrected chi connectivity index (χ1v) is 7.48. The van der Waals surface area contributed by atoms with E-state index in [-0.39, 0.29) is 11.3 Å². The van der Waals surface area contributed by atoms with Gasteiger partial charge in [-0.3, -0.25) is 9.78 Å². The Balaban J connectivity index is 1.90. The first kappa shape index (κ1) is 14.7. The predicted octanol–water partition coefficient (Wildman–Crippen LogP) is 2.91. The summed E-state index contributed by atoms with van der Waals surface area (Å²) in [5, 5.41) is 6.01. The zero-order valence-electron chi connectivity index (χ0n) is 12.0. The van der Waals surface area contributed by atoms with Crippen LogP contribution in [0.15, 0.2) is 29.9 Å². The summed E-state index contributed by atoms with van der Waals surface area (Å²) in [6, 6.07) is 3.89. The molecule has 0 radical (unpaired) electrons.